The summed E-state index contributed by atoms with van der Waals surface area (Å²) in [5.41, 5.74) is 2.44. The van der Waals surface area contributed by atoms with E-state index in [4.69, 9.17) is 9.84 Å². The first kappa shape index (κ1) is 13.2. The summed E-state index contributed by atoms with van der Waals surface area (Å²) in [5, 5.41) is 19.1. The fraction of sp³-hybridized carbons (Fsp3) is 0.308. The molecule has 0 saturated heterocycles. The first-order valence-electron chi connectivity index (χ1n) is 6.04. The van der Waals surface area contributed by atoms with E-state index in [1.54, 1.807) is 6.92 Å². The Balaban J connectivity index is 2.26. The van der Waals surface area contributed by atoms with Crippen LogP contribution >= 0.6 is 0 Å². The number of rotatable bonds is 5. The smallest absolute Gasteiger partial charge is 0.361 e. The van der Waals surface area contributed by atoms with Gasteiger partial charge in [0, 0.05) is 12.2 Å². The maximum atomic E-state index is 11.7. The van der Waals surface area contributed by atoms with E-state index in [0.29, 0.717) is 18.7 Å². The Hall–Kier alpha value is -2.21. The van der Waals surface area contributed by atoms with Crippen molar-refractivity contribution in [3.05, 3.63) is 35.5 Å². The molecule has 0 aliphatic heterocycles. The molecule has 1 aromatic heterocycles. The summed E-state index contributed by atoms with van der Waals surface area (Å²) in [6.45, 7) is 2.14. The van der Waals surface area contributed by atoms with Crippen LogP contribution in [0.1, 0.15) is 23.0 Å². The summed E-state index contributed by atoms with van der Waals surface area (Å²) in [7, 11) is 0. The topological polar surface area (TPSA) is 88.1 Å². The van der Waals surface area contributed by atoms with Crippen molar-refractivity contribution in [3.8, 4) is 11.3 Å². The number of aromatic nitrogens is 3. The Morgan fingerprint density at radius 2 is 2.05 bits per heavy atom. The number of aliphatic hydroxyl groups is 1. The van der Waals surface area contributed by atoms with E-state index in [9.17, 15) is 4.79 Å². The van der Waals surface area contributed by atoms with Crippen LogP contribution < -0.4 is 0 Å². The van der Waals surface area contributed by atoms with Gasteiger partial charge in [-0.15, -0.1) is 5.10 Å². The van der Waals surface area contributed by atoms with E-state index in [1.165, 1.54) is 0 Å². The van der Waals surface area contributed by atoms with E-state index in [-0.39, 0.29) is 12.3 Å². The lowest BCUT2D eigenvalue weighted by Crippen LogP contribution is -2.06. The van der Waals surface area contributed by atoms with Gasteiger partial charge in [-0.3, -0.25) is 0 Å². The van der Waals surface area contributed by atoms with Crippen LogP contribution in [0.2, 0.25) is 0 Å². The maximum absolute atomic E-state index is 11.7. The van der Waals surface area contributed by atoms with Crippen LogP contribution in [0.3, 0.4) is 0 Å². The van der Waals surface area contributed by atoms with E-state index < -0.39 is 5.97 Å². The minimum absolute atomic E-state index is 0.109. The number of esters is 1. The Morgan fingerprint density at radius 1 is 1.32 bits per heavy atom. The average Bonchev–Trinajstić information content (AvgIpc) is 2.89. The number of hydrogen-bond acceptors (Lipinski definition) is 5. The third kappa shape index (κ3) is 2.97. The molecule has 0 unspecified atom stereocenters. The molecule has 0 fully saturated rings. The molecular weight excluding hydrogens is 246 g/mol. The van der Waals surface area contributed by atoms with Crippen molar-refractivity contribution >= 4 is 5.97 Å². The third-order valence-electron chi connectivity index (χ3n) is 2.64. The highest BCUT2D eigenvalue weighted by Crippen LogP contribution is 2.20. The van der Waals surface area contributed by atoms with Crippen molar-refractivity contribution < 1.29 is 14.6 Å². The van der Waals surface area contributed by atoms with Gasteiger partial charge in [0.15, 0.2) is 5.69 Å². The SMILES string of the molecule is CCOC(=O)c1n[nH]nc1-c1ccc(CCO)cc1. The number of aromatic amines is 1. The number of aliphatic hydroxyl groups excluding tert-OH is 1. The fourth-order valence-corrected chi connectivity index (χ4v) is 1.73. The quantitative estimate of drug-likeness (QED) is 0.789. The fourth-order valence-electron chi connectivity index (χ4n) is 1.73. The van der Waals surface area contributed by atoms with Gasteiger partial charge in [-0.05, 0) is 18.9 Å². The van der Waals surface area contributed by atoms with Crippen molar-refractivity contribution in [2.24, 2.45) is 0 Å². The van der Waals surface area contributed by atoms with Gasteiger partial charge >= 0.3 is 5.97 Å². The van der Waals surface area contributed by atoms with Crippen molar-refractivity contribution in [3.63, 3.8) is 0 Å². The van der Waals surface area contributed by atoms with Gasteiger partial charge in [0.2, 0.25) is 0 Å². The second-order valence-electron chi connectivity index (χ2n) is 3.91. The van der Waals surface area contributed by atoms with Crippen molar-refractivity contribution in [1.82, 2.24) is 15.4 Å². The number of ether oxygens (including phenoxy) is 1. The highest BCUT2D eigenvalue weighted by Gasteiger charge is 2.18. The summed E-state index contributed by atoms with van der Waals surface area (Å²) in [5.74, 6) is -0.495. The highest BCUT2D eigenvalue weighted by molar-refractivity contribution is 5.93. The van der Waals surface area contributed by atoms with E-state index >= 15 is 0 Å². The average molecular weight is 261 g/mol. The molecule has 0 bridgehead atoms. The van der Waals surface area contributed by atoms with Crippen LogP contribution in [0, 0.1) is 0 Å². The van der Waals surface area contributed by atoms with Gasteiger partial charge in [-0.2, -0.15) is 10.3 Å². The zero-order valence-corrected chi connectivity index (χ0v) is 10.6. The molecule has 0 spiro atoms. The Bertz CT molecular complexity index is 549. The van der Waals surface area contributed by atoms with Crippen LogP contribution in [0.4, 0.5) is 0 Å². The Labute approximate surface area is 110 Å². The number of benzene rings is 1. The van der Waals surface area contributed by atoms with Gasteiger partial charge < -0.3 is 9.84 Å². The first-order valence-corrected chi connectivity index (χ1v) is 6.04. The molecule has 1 aromatic carbocycles. The lowest BCUT2D eigenvalue weighted by molar-refractivity contribution is 0.0520. The second-order valence-corrected chi connectivity index (χ2v) is 3.91. The minimum Gasteiger partial charge on any atom is -0.461 e. The summed E-state index contributed by atoms with van der Waals surface area (Å²) in [4.78, 5) is 11.7. The molecule has 0 saturated carbocycles. The van der Waals surface area contributed by atoms with Gasteiger partial charge in [0.25, 0.3) is 0 Å². The summed E-state index contributed by atoms with van der Waals surface area (Å²) in [6, 6.07) is 7.45. The van der Waals surface area contributed by atoms with Crippen LogP contribution in [0.15, 0.2) is 24.3 Å². The number of carbonyl (C=O) groups is 1. The molecule has 0 aliphatic rings. The zero-order chi connectivity index (χ0) is 13.7. The lowest BCUT2D eigenvalue weighted by Gasteiger charge is -2.02. The monoisotopic (exact) mass is 261 g/mol. The summed E-state index contributed by atoms with van der Waals surface area (Å²) in [6.07, 6.45) is 0.601. The number of carbonyl (C=O) groups excluding carboxylic acids is 1. The number of H-pyrrole nitrogens is 1. The molecule has 0 atom stereocenters. The zero-order valence-electron chi connectivity index (χ0n) is 10.6. The van der Waals surface area contributed by atoms with Crippen LogP contribution in [0.25, 0.3) is 11.3 Å². The molecule has 2 N–H and O–H groups in total. The molecule has 2 aromatic rings. The number of hydrogen-bond donors (Lipinski definition) is 2. The largest absolute Gasteiger partial charge is 0.461 e. The van der Waals surface area contributed by atoms with E-state index in [0.717, 1.165) is 11.1 Å². The molecule has 2 rings (SSSR count). The number of nitrogens with zero attached hydrogens (tertiary/aromatic N) is 2. The third-order valence-corrected chi connectivity index (χ3v) is 2.64. The first-order chi connectivity index (χ1) is 9.26. The summed E-state index contributed by atoms with van der Waals surface area (Å²) >= 11 is 0. The van der Waals surface area contributed by atoms with Crippen molar-refractivity contribution in [2.45, 2.75) is 13.3 Å². The van der Waals surface area contributed by atoms with Crippen LogP contribution in [-0.2, 0) is 11.2 Å². The highest BCUT2D eigenvalue weighted by atomic mass is 16.5. The van der Waals surface area contributed by atoms with Gasteiger partial charge in [-0.1, -0.05) is 24.3 Å². The van der Waals surface area contributed by atoms with Gasteiger partial charge in [0.05, 0.1) is 6.61 Å². The predicted octanol–water partition coefficient (Wildman–Crippen LogP) is 1.18. The molecule has 0 amide bonds. The normalized spacial score (nSPS) is 10.4. The summed E-state index contributed by atoms with van der Waals surface area (Å²) < 4.78 is 4.92. The Morgan fingerprint density at radius 3 is 2.68 bits per heavy atom. The van der Waals surface area contributed by atoms with Gasteiger partial charge in [0.1, 0.15) is 5.69 Å². The van der Waals surface area contributed by atoms with E-state index in [1.807, 2.05) is 24.3 Å². The second kappa shape index (κ2) is 6.10. The molecule has 6 nitrogen and oxygen atoms in total. The molecule has 100 valence electrons. The molecule has 0 radical (unpaired) electrons. The lowest BCUT2D eigenvalue weighted by atomic mass is 10.1. The van der Waals surface area contributed by atoms with Crippen LogP contribution in [0.5, 0.6) is 0 Å². The predicted molar refractivity (Wildman–Crippen MR) is 68.6 cm³/mol. The van der Waals surface area contributed by atoms with Crippen LogP contribution in [-0.4, -0.2) is 39.7 Å². The molecule has 1 heterocycles. The minimum atomic E-state index is -0.495. The van der Waals surface area contributed by atoms with E-state index in [2.05, 4.69) is 15.4 Å². The molecule has 6 heteroatoms. The standard InChI is InChI=1S/C13H15N3O3/c1-2-19-13(18)12-11(14-16-15-12)10-5-3-9(4-6-10)7-8-17/h3-6,17H,2,7-8H2,1H3,(H,14,15,16). The molecule has 0 aliphatic carbocycles. The van der Waals surface area contributed by atoms with Crippen molar-refractivity contribution in [1.29, 1.82) is 0 Å². The van der Waals surface area contributed by atoms with Crippen molar-refractivity contribution in [2.75, 3.05) is 13.2 Å². The Kier molecular flexibility index (Phi) is 4.25. The van der Waals surface area contributed by atoms with Gasteiger partial charge in [-0.25, -0.2) is 4.79 Å². The molecule has 19 heavy (non-hydrogen) atoms. The number of nitrogens with one attached hydrogen (secondary N) is 1. The maximum Gasteiger partial charge on any atom is 0.361 e. The molecular formula is C13H15N3O3.